The molecule has 0 aromatic rings. The minimum absolute atomic E-state index is 0.134. The fraction of sp³-hybridized carbons (Fsp3) is 0.862. The van der Waals surface area contributed by atoms with Crippen molar-refractivity contribution in [2.75, 3.05) is 40.6 Å². The van der Waals surface area contributed by atoms with E-state index in [2.05, 4.69) is 17.5 Å². The third kappa shape index (κ3) is 9.14. The Bertz CT molecular complexity index is 679. The number of carbonyl (C=O) groups is 2. The quantitative estimate of drug-likeness (QED) is 0.157. The van der Waals surface area contributed by atoms with Gasteiger partial charge in [0, 0.05) is 26.7 Å². The number of hydrogen-bond donors (Lipinski definition) is 1. The average molecular weight is 507 g/mol. The van der Waals surface area contributed by atoms with Gasteiger partial charge < -0.3 is 19.1 Å². The van der Waals surface area contributed by atoms with Crippen molar-refractivity contribution >= 4 is 11.9 Å². The molecule has 0 radical (unpaired) electrons. The Hall–Kier alpha value is -1.44. The molecule has 7 nitrogen and oxygen atoms in total. The summed E-state index contributed by atoms with van der Waals surface area (Å²) < 4.78 is 15.8. The second-order valence-electron chi connectivity index (χ2n) is 10.9. The van der Waals surface area contributed by atoms with Gasteiger partial charge in [-0.05, 0) is 49.9 Å². The van der Waals surface area contributed by atoms with Gasteiger partial charge in [-0.15, -0.1) is 0 Å². The number of hydrogen-bond acceptors (Lipinski definition) is 6. The third-order valence-electron chi connectivity index (χ3n) is 8.54. The first-order chi connectivity index (χ1) is 17.6. The predicted octanol–water partition coefficient (Wildman–Crippen LogP) is 4.84. The molecule has 2 saturated carbocycles. The lowest BCUT2D eigenvalue weighted by Gasteiger charge is -2.38. The Labute approximate surface area is 218 Å². The summed E-state index contributed by atoms with van der Waals surface area (Å²) in [5.41, 5.74) is 0. The van der Waals surface area contributed by atoms with Crippen LogP contribution in [-0.4, -0.2) is 69.6 Å². The number of nitrogens with one attached hydrogen (secondary N) is 1. The van der Waals surface area contributed by atoms with Gasteiger partial charge in [0.1, 0.15) is 6.04 Å². The topological polar surface area (TPSA) is 77.1 Å². The zero-order valence-corrected chi connectivity index (χ0v) is 22.8. The van der Waals surface area contributed by atoms with Crippen LogP contribution in [0.25, 0.3) is 0 Å². The van der Waals surface area contributed by atoms with Crippen molar-refractivity contribution in [3.05, 3.63) is 12.2 Å². The molecule has 3 rings (SSSR count). The van der Waals surface area contributed by atoms with Gasteiger partial charge in [0.15, 0.2) is 0 Å². The molecule has 0 spiro atoms. The maximum absolute atomic E-state index is 12.5. The summed E-state index contributed by atoms with van der Waals surface area (Å²) in [7, 11) is 2.94. The molecule has 1 N–H and O–H groups in total. The average Bonchev–Trinajstić information content (AvgIpc) is 3.37. The van der Waals surface area contributed by atoms with Gasteiger partial charge in [0.25, 0.3) is 0 Å². The Morgan fingerprint density at radius 1 is 0.972 bits per heavy atom. The third-order valence-corrected chi connectivity index (χ3v) is 8.54. The zero-order valence-electron chi connectivity index (χ0n) is 22.8. The molecule has 4 atom stereocenters. The number of ether oxygens (including phenoxy) is 3. The van der Waals surface area contributed by atoms with Crippen molar-refractivity contribution < 1.29 is 23.8 Å². The number of esters is 1. The molecule has 3 fully saturated rings. The van der Waals surface area contributed by atoms with E-state index >= 15 is 0 Å². The highest BCUT2D eigenvalue weighted by molar-refractivity contribution is 5.86. The van der Waals surface area contributed by atoms with Crippen molar-refractivity contribution in [3.63, 3.8) is 0 Å². The molecule has 2 aliphatic carbocycles. The van der Waals surface area contributed by atoms with E-state index in [0.29, 0.717) is 26.3 Å². The molecule has 1 aliphatic heterocycles. The van der Waals surface area contributed by atoms with E-state index in [1.165, 1.54) is 77.7 Å². The van der Waals surface area contributed by atoms with E-state index < -0.39 is 12.0 Å². The van der Waals surface area contributed by atoms with E-state index in [4.69, 9.17) is 14.2 Å². The molecule has 0 aromatic carbocycles. The van der Waals surface area contributed by atoms with Gasteiger partial charge in [-0.3, -0.25) is 10.1 Å². The summed E-state index contributed by atoms with van der Waals surface area (Å²) in [6, 6.07) is -0.569. The number of nitrogens with zero attached hydrogens (tertiary/aromatic N) is 1. The molecule has 206 valence electrons. The smallest absolute Gasteiger partial charge is 0.328 e. The second kappa shape index (κ2) is 16.4. The largest absolute Gasteiger partial charge is 0.467 e. The van der Waals surface area contributed by atoms with Crippen LogP contribution in [0.3, 0.4) is 0 Å². The molecule has 4 unspecified atom stereocenters. The monoisotopic (exact) mass is 506 g/mol. The van der Waals surface area contributed by atoms with Gasteiger partial charge in [0.2, 0.25) is 5.91 Å². The zero-order chi connectivity index (χ0) is 25.6. The number of methoxy groups -OCH3 is 2. The highest BCUT2D eigenvalue weighted by Gasteiger charge is 2.40. The number of carbonyl (C=O) groups excluding carboxylic acids is 2. The Kier molecular flexibility index (Phi) is 13.3. The fourth-order valence-corrected chi connectivity index (χ4v) is 6.50. The Morgan fingerprint density at radius 2 is 1.75 bits per heavy atom. The summed E-state index contributed by atoms with van der Waals surface area (Å²) >= 11 is 0. The number of rotatable bonds is 14. The molecule has 1 heterocycles. The van der Waals surface area contributed by atoms with Gasteiger partial charge >= 0.3 is 5.97 Å². The summed E-state index contributed by atoms with van der Waals surface area (Å²) in [5.74, 6) is 2.23. The lowest BCUT2D eigenvalue weighted by atomic mass is 9.68. The fourth-order valence-electron chi connectivity index (χ4n) is 6.50. The first kappa shape index (κ1) is 29.1. The van der Waals surface area contributed by atoms with E-state index in [1.54, 1.807) is 12.0 Å². The van der Waals surface area contributed by atoms with Crippen LogP contribution in [0.1, 0.15) is 89.9 Å². The number of allylic oxidation sites excluding steroid dienone is 2. The van der Waals surface area contributed by atoms with Crippen LogP contribution in [0.5, 0.6) is 0 Å². The van der Waals surface area contributed by atoms with Crippen molar-refractivity contribution in [2.24, 2.45) is 17.8 Å². The van der Waals surface area contributed by atoms with Crippen LogP contribution in [-0.2, 0) is 23.8 Å². The molecular formula is C29H50N2O5. The number of unbranched alkanes of at least 4 members (excludes halogenated alkanes) is 3. The molecule has 7 heteroatoms. The SMILES string of the molecule is COC(=O)C1CC(OC)CN1C(=O)CNCOCCCCCC=CC1CCCCC1C1CCCCC1. The molecule has 1 saturated heterocycles. The second-order valence-corrected chi connectivity index (χ2v) is 10.9. The molecule has 0 bridgehead atoms. The summed E-state index contributed by atoms with van der Waals surface area (Å²) in [6.45, 7) is 1.57. The van der Waals surface area contributed by atoms with Gasteiger partial charge in [-0.25, -0.2) is 4.79 Å². The normalized spacial score (nSPS) is 27.6. The molecule has 0 aromatic heterocycles. The van der Waals surface area contributed by atoms with Gasteiger partial charge in [-0.1, -0.05) is 63.5 Å². The first-order valence-electron chi connectivity index (χ1n) is 14.5. The standard InChI is InChI=1S/C29H50N2O5/c1-34-25-19-27(29(33)35-2)31(21-25)28(32)20-30-22-36-18-12-5-3-4-7-13-24-16-10-11-17-26(24)23-14-8-6-9-15-23/h7,13,23-27,30H,3-6,8-12,14-22H2,1-2H3. The lowest BCUT2D eigenvalue weighted by Crippen LogP contribution is -2.45. The number of amides is 1. The predicted molar refractivity (Wildman–Crippen MR) is 141 cm³/mol. The Balaban J connectivity index is 1.21. The summed E-state index contributed by atoms with van der Waals surface area (Å²) in [5, 5.41) is 3.03. The lowest BCUT2D eigenvalue weighted by molar-refractivity contribution is -0.150. The van der Waals surface area contributed by atoms with E-state index in [9.17, 15) is 9.59 Å². The molecule has 3 aliphatic rings. The summed E-state index contributed by atoms with van der Waals surface area (Å²) in [6.07, 6.45) is 22.9. The molecular weight excluding hydrogens is 456 g/mol. The van der Waals surface area contributed by atoms with E-state index in [0.717, 1.165) is 30.6 Å². The van der Waals surface area contributed by atoms with Crippen LogP contribution in [0.15, 0.2) is 12.2 Å². The Morgan fingerprint density at radius 3 is 2.53 bits per heavy atom. The van der Waals surface area contributed by atoms with Crippen LogP contribution in [0.4, 0.5) is 0 Å². The van der Waals surface area contributed by atoms with Gasteiger partial charge in [0.05, 0.1) is 26.5 Å². The van der Waals surface area contributed by atoms with Gasteiger partial charge in [-0.2, -0.15) is 0 Å². The van der Waals surface area contributed by atoms with Crippen LogP contribution >= 0.6 is 0 Å². The van der Waals surface area contributed by atoms with Crippen LogP contribution in [0, 0.1) is 17.8 Å². The van der Waals surface area contributed by atoms with Crippen molar-refractivity contribution in [3.8, 4) is 0 Å². The maximum Gasteiger partial charge on any atom is 0.328 e. The molecule has 36 heavy (non-hydrogen) atoms. The van der Waals surface area contributed by atoms with E-state index in [-0.39, 0.29) is 18.6 Å². The first-order valence-corrected chi connectivity index (χ1v) is 14.5. The van der Waals surface area contributed by atoms with Crippen molar-refractivity contribution in [1.82, 2.24) is 10.2 Å². The van der Waals surface area contributed by atoms with E-state index in [1.807, 2.05) is 0 Å². The number of likely N-dealkylation sites (tertiary alicyclic amines) is 1. The maximum atomic E-state index is 12.5. The summed E-state index contributed by atoms with van der Waals surface area (Å²) in [4.78, 5) is 26.1. The minimum Gasteiger partial charge on any atom is -0.467 e. The van der Waals surface area contributed by atoms with Crippen LogP contribution in [0.2, 0.25) is 0 Å². The minimum atomic E-state index is -0.569. The molecule has 1 amide bonds. The van der Waals surface area contributed by atoms with Crippen LogP contribution < -0.4 is 5.32 Å². The highest BCUT2D eigenvalue weighted by Crippen LogP contribution is 2.42. The van der Waals surface area contributed by atoms with Crippen molar-refractivity contribution in [1.29, 1.82) is 0 Å². The highest BCUT2D eigenvalue weighted by atomic mass is 16.5. The van der Waals surface area contributed by atoms with Crippen molar-refractivity contribution in [2.45, 2.75) is 102 Å².